The number of aromatic nitrogens is 1. The summed E-state index contributed by atoms with van der Waals surface area (Å²) in [6.07, 6.45) is 7.33. The number of aliphatic carboxylic acids is 1. The van der Waals surface area contributed by atoms with Gasteiger partial charge in [0.25, 0.3) is 0 Å². The molecule has 1 aromatic rings. The smallest absolute Gasteiger partial charge is 0.329 e. The molecule has 5 heteroatoms. The van der Waals surface area contributed by atoms with E-state index in [1.807, 2.05) is 18.2 Å². The van der Waals surface area contributed by atoms with E-state index in [4.69, 9.17) is 0 Å². The van der Waals surface area contributed by atoms with Gasteiger partial charge in [-0.1, -0.05) is 31.7 Å². The SMILES string of the molecule is O=C(CCc1ccccn1)NC1(C(=O)O)CCCCCC1. The second kappa shape index (κ2) is 7.20. The van der Waals surface area contributed by atoms with Crippen LogP contribution in [0.25, 0.3) is 0 Å². The summed E-state index contributed by atoms with van der Waals surface area (Å²) in [6.45, 7) is 0. The number of nitrogens with zero attached hydrogens (tertiary/aromatic N) is 1. The molecule has 114 valence electrons. The molecule has 1 aliphatic carbocycles. The van der Waals surface area contributed by atoms with Crippen LogP contribution >= 0.6 is 0 Å². The number of carboxylic acids is 1. The molecule has 0 atom stereocenters. The Labute approximate surface area is 124 Å². The van der Waals surface area contributed by atoms with E-state index in [-0.39, 0.29) is 12.3 Å². The van der Waals surface area contributed by atoms with Gasteiger partial charge in [-0.25, -0.2) is 4.79 Å². The standard InChI is InChI=1S/C16H22N2O3/c19-14(9-8-13-7-3-6-12-17-13)18-16(15(20)21)10-4-1-2-5-11-16/h3,6-7,12H,1-2,4-5,8-11H2,(H,18,19)(H,20,21). The number of carbonyl (C=O) groups excluding carboxylic acids is 1. The largest absolute Gasteiger partial charge is 0.480 e. The number of hydrogen-bond donors (Lipinski definition) is 2. The lowest BCUT2D eigenvalue weighted by molar-refractivity contribution is -0.148. The highest BCUT2D eigenvalue weighted by atomic mass is 16.4. The minimum atomic E-state index is -1.07. The Balaban J connectivity index is 1.93. The Kier molecular flexibility index (Phi) is 5.31. The first-order valence-corrected chi connectivity index (χ1v) is 7.57. The van der Waals surface area contributed by atoms with E-state index in [9.17, 15) is 14.7 Å². The average Bonchev–Trinajstić information content (AvgIpc) is 2.73. The van der Waals surface area contributed by atoms with Crippen molar-refractivity contribution in [1.82, 2.24) is 10.3 Å². The third kappa shape index (κ3) is 4.28. The van der Waals surface area contributed by atoms with Gasteiger partial charge in [0.1, 0.15) is 5.54 Å². The minimum absolute atomic E-state index is 0.204. The van der Waals surface area contributed by atoms with Crippen LogP contribution < -0.4 is 5.32 Å². The molecule has 1 amide bonds. The Bertz CT molecular complexity index is 480. The Morgan fingerprint density at radius 3 is 2.48 bits per heavy atom. The lowest BCUT2D eigenvalue weighted by Gasteiger charge is -2.29. The van der Waals surface area contributed by atoms with Gasteiger partial charge in [0.15, 0.2) is 0 Å². The van der Waals surface area contributed by atoms with E-state index < -0.39 is 11.5 Å². The van der Waals surface area contributed by atoms with Crippen molar-refractivity contribution in [2.24, 2.45) is 0 Å². The van der Waals surface area contributed by atoms with Crippen molar-refractivity contribution in [2.45, 2.75) is 56.9 Å². The topological polar surface area (TPSA) is 79.3 Å². The number of nitrogens with one attached hydrogen (secondary N) is 1. The molecule has 1 fully saturated rings. The zero-order chi connectivity index (χ0) is 15.1. The molecule has 0 radical (unpaired) electrons. The van der Waals surface area contributed by atoms with Gasteiger partial charge in [-0.3, -0.25) is 9.78 Å². The van der Waals surface area contributed by atoms with Crippen LogP contribution in [0.4, 0.5) is 0 Å². The maximum atomic E-state index is 12.1. The fourth-order valence-corrected chi connectivity index (χ4v) is 2.84. The molecular formula is C16H22N2O3. The maximum absolute atomic E-state index is 12.1. The molecule has 0 saturated heterocycles. The van der Waals surface area contributed by atoms with Gasteiger partial charge in [-0.15, -0.1) is 0 Å². The number of amides is 1. The van der Waals surface area contributed by atoms with Gasteiger partial charge in [-0.2, -0.15) is 0 Å². The van der Waals surface area contributed by atoms with Gasteiger partial charge >= 0.3 is 5.97 Å². The number of carbonyl (C=O) groups is 2. The molecule has 1 saturated carbocycles. The lowest BCUT2D eigenvalue weighted by Crippen LogP contribution is -2.54. The second-order valence-corrected chi connectivity index (χ2v) is 5.67. The van der Waals surface area contributed by atoms with Crippen LogP contribution in [0.1, 0.15) is 50.6 Å². The number of carboxylic acid groups (broad SMARTS) is 1. The number of rotatable bonds is 5. The normalized spacial score (nSPS) is 17.7. The van der Waals surface area contributed by atoms with Crippen LogP contribution in [0.3, 0.4) is 0 Å². The van der Waals surface area contributed by atoms with Gasteiger partial charge < -0.3 is 10.4 Å². The molecule has 0 unspecified atom stereocenters. The van der Waals surface area contributed by atoms with Crippen LogP contribution in [0, 0.1) is 0 Å². The quantitative estimate of drug-likeness (QED) is 0.816. The third-order valence-electron chi connectivity index (χ3n) is 4.08. The molecule has 1 aliphatic rings. The number of pyridine rings is 1. The molecule has 1 aromatic heterocycles. The van der Waals surface area contributed by atoms with Crippen molar-refractivity contribution in [3.05, 3.63) is 30.1 Å². The fourth-order valence-electron chi connectivity index (χ4n) is 2.84. The molecule has 2 N–H and O–H groups in total. The van der Waals surface area contributed by atoms with E-state index >= 15 is 0 Å². The monoisotopic (exact) mass is 290 g/mol. The van der Waals surface area contributed by atoms with Crippen LogP contribution in [0.15, 0.2) is 24.4 Å². The zero-order valence-corrected chi connectivity index (χ0v) is 12.2. The van der Waals surface area contributed by atoms with Crippen LogP contribution in [-0.2, 0) is 16.0 Å². The first-order valence-electron chi connectivity index (χ1n) is 7.57. The van der Waals surface area contributed by atoms with Gasteiger partial charge in [0.05, 0.1) is 0 Å². The fraction of sp³-hybridized carbons (Fsp3) is 0.562. The molecule has 0 spiro atoms. The predicted molar refractivity (Wildman–Crippen MR) is 78.8 cm³/mol. The Hall–Kier alpha value is -1.91. The van der Waals surface area contributed by atoms with Gasteiger partial charge in [0, 0.05) is 18.3 Å². The molecule has 21 heavy (non-hydrogen) atoms. The summed E-state index contributed by atoms with van der Waals surface area (Å²) in [5.74, 6) is -1.11. The lowest BCUT2D eigenvalue weighted by atomic mass is 9.90. The zero-order valence-electron chi connectivity index (χ0n) is 12.2. The summed E-state index contributed by atoms with van der Waals surface area (Å²) in [6, 6.07) is 5.57. The van der Waals surface area contributed by atoms with E-state index in [2.05, 4.69) is 10.3 Å². The van der Waals surface area contributed by atoms with Crippen LogP contribution in [-0.4, -0.2) is 27.5 Å². The summed E-state index contributed by atoms with van der Waals surface area (Å²) < 4.78 is 0. The maximum Gasteiger partial charge on any atom is 0.329 e. The first-order chi connectivity index (χ1) is 10.1. The van der Waals surface area contributed by atoms with E-state index in [0.717, 1.165) is 31.4 Å². The second-order valence-electron chi connectivity index (χ2n) is 5.67. The van der Waals surface area contributed by atoms with Gasteiger partial charge in [-0.05, 0) is 31.4 Å². The van der Waals surface area contributed by atoms with Crippen LogP contribution in [0.5, 0.6) is 0 Å². The van der Waals surface area contributed by atoms with Crippen molar-refractivity contribution in [3.8, 4) is 0 Å². The van der Waals surface area contributed by atoms with Crippen LogP contribution in [0.2, 0.25) is 0 Å². The summed E-state index contributed by atoms with van der Waals surface area (Å²) in [5, 5.41) is 12.3. The third-order valence-corrected chi connectivity index (χ3v) is 4.08. The van der Waals surface area contributed by atoms with Crippen molar-refractivity contribution in [3.63, 3.8) is 0 Å². The highest BCUT2D eigenvalue weighted by molar-refractivity contribution is 5.87. The molecule has 0 aromatic carbocycles. The van der Waals surface area contributed by atoms with Gasteiger partial charge in [0.2, 0.25) is 5.91 Å². The molecular weight excluding hydrogens is 268 g/mol. The van der Waals surface area contributed by atoms with E-state index in [1.54, 1.807) is 6.20 Å². The predicted octanol–water partition coefficient (Wildman–Crippen LogP) is 2.31. The molecule has 5 nitrogen and oxygen atoms in total. The summed E-state index contributed by atoms with van der Waals surface area (Å²) in [7, 11) is 0. The number of aryl methyl sites for hydroxylation is 1. The Morgan fingerprint density at radius 1 is 1.19 bits per heavy atom. The average molecular weight is 290 g/mol. The van der Waals surface area contributed by atoms with E-state index in [1.165, 1.54) is 0 Å². The molecule has 0 bridgehead atoms. The molecule has 2 rings (SSSR count). The van der Waals surface area contributed by atoms with E-state index in [0.29, 0.717) is 19.3 Å². The van der Waals surface area contributed by atoms with Crippen molar-refractivity contribution in [1.29, 1.82) is 0 Å². The minimum Gasteiger partial charge on any atom is -0.480 e. The van der Waals surface area contributed by atoms with Crippen molar-refractivity contribution in [2.75, 3.05) is 0 Å². The summed E-state index contributed by atoms with van der Waals surface area (Å²) >= 11 is 0. The summed E-state index contributed by atoms with van der Waals surface area (Å²) in [4.78, 5) is 27.9. The molecule has 0 aliphatic heterocycles. The summed E-state index contributed by atoms with van der Waals surface area (Å²) in [5.41, 5.74) is -0.226. The highest BCUT2D eigenvalue weighted by Crippen LogP contribution is 2.27. The highest BCUT2D eigenvalue weighted by Gasteiger charge is 2.39. The Morgan fingerprint density at radius 2 is 1.90 bits per heavy atom. The van der Waals surface area contributed by atoms with Crippen molar-refractivity contribution < 1.29 is 14.7 Å². The molecule has 1 heterocycles. The number of hydrogen-bond acceptors (Lipinski definition) is 3. The van der Waals surface area contributed by atoms with Crippen molar-refractivity contribution >= 4 is 11.9 Å². The first kappa shape index (κ1) is 15.5.